The van der Waals surface area contributed by atoms with Crippen LogP contribution < -0.4 is 4.74 Å². The standard InChI is InChI=1S/C18H16ClNO5S/c19-11-2-1-3-12(8-11)26(23,24)13-4-5-16-15(9-13)14-6-7-20(18(21)22)10-17(14)25-16/h1-5,8-9,14,17H,6-7,10H2,(H,21,22). The van der Waals surface area contributed by atoms with E-state index in [-0.39, 0.29) is 28.4 Å². The van der Waals surface area contributed by atoms with Crippen LogP contribution in [0.1, 0.15) is 17.9 Å². The number of hydrogen-bond donors (Lipinski definition) is 1. The Morgan fingerprint density at radius 1 is 1.19 bits per heavy atom. The molecular weight excluding hydrogens is 378 g/mol. The molecule has 0 spiro atoms. The zero-order valence-electron chi connectivity index (χ0n) is 13.6. The maximum Gasteiger partial charge on any atom is 0.407 e. The predicted octanol–water partition coefficient (Wildman–Crippen LogP) is 3.40. The number of hydrogen-bond acceptors (Lipinski definition) is 4. The summed E-state index contributed by atoms with van der Waals surface area (Å²) in [6.07, 6.45) is -0.642. The summed E-state index contributed by atoms with van der Waals surface area (Å²) in [5, 5.41) is 9.51. The van der Waals surface area contributed by atoms with Crippen molar-refractivity contribution >= 4 is 27.5 Å². The molecule has 4 rings (SSSR count). The second-order valence-electron chi connectivity index (χ2n) is 6.44. The van der Waals surface area contributed by atoms with E-state index >= 15 is 0 Å². The fraction of sp³-hybridized carbons (Fsp3) is 0.278. The Morgan fingerprint density at radius 2 is 1.96 bits per heavy atom. The molecule has 2 unspecified atom stereocenters. The summed E-state index contributed by atoms with van der Waals surface area (Å²) in [5.41, 5.74) is 0.822. The van der Waals surface area contributed by atoms with Crippen molar-refractivity contribution in [1.82, 2.24) is 4.90 Å². The summed E-state index contributed by atoms with van der Waals surface area (Å²) in [5.74, 6) is 0.618. The first kappa shape index (κ1) is 17.2. The molecule has 0 aliphatic carbocycles. The van der Waals surface area contributed by atoms with Crippen LogP contribution in [-0.2, 0) is 9.84 Å². The molecule has 2 aliphatic rings. The summed E-state index contributed by atoms with van der Waals surface area (Å²) >= 11 is 5.93. The van der Waals surface area contributed by atoms with Crippen LogP contribution in [0, 0.1) is 0 Å². The molecule has 8 heteroatoms. The van der Waals surface area contributed by atoms with Crippen LogP contribution in [0.25, 0.3) is 0 Å². The van der Waals surface area contributed by atoms with Crippen molar-refractivity contribution in [3.05, 3.63) is 53.1 Å². The number of likely N-dealkylation sites (tertiary alicyclic amines) is 1. The van der Waals surface area contributed by atoms with Gasteiger partial charge in [-0.25, -0.2) is 13.2 Å². The van der Waals surface area contributed by atoms with E-state index in [1.165, 1.54) is 23.1 Å². The monoisotopic (exact) mass is 393 g/mol. The summed E-state index contributed by atoms with van der Waals surface area (Å²) in [6, 6.07) is 11.0. The van der Waals surface area contributed by atoms with Crippen molar-refractivity contribution < 1.29 is 23.1 Å². The van der Waals surface area contributed by atoms with E-state index in [1.807, 2.05) is 0 Å². The van der Waals surface area contributed by atoms with Crippen molar-refractivity contribution in [2.24, 2.45) is 0 Å². The summed E-state index contributed by atoms with van der Waals surface area (Å²) in [4.78, 5) is 12.8. The van der Waals surface area contributed by atoms with Crippen LogP contribution in [0.3, 0.4) is 0 Å². The van der Waals surface area contributed by atoms with Gasteiger partial charge < -0.3 is 14.7 Å². The lowest BCUT2D eigenvalue weighted by Gasteiger charge is -2.32. The number of benzene rings is 2. The van der Waals surface area contributed by atoms with Crippen LogP contribution in [0.5, 0.6) is 5.75 Å². The number of carbonyl (C=O) groups is 1. The number of carboxylic acid groups (broad SMARTS) is 1. The predicted molar refractivity (Wildman–Crippen MR) is 94.7 cm³/mol. The smallest absolute Gasteiger partial charge is 0.407 e. The maximum absolute atomic E-state index is 12.9. The van der Waals surface area contributed by atoms with E-state index in [0.717, 1.165) is 5.56 Å². The number of amides is 1. The quantitative estimate of drug-likeness (QED) is 0.845. The third kappa shape index (κ3) is 2.81. The third-order valence-corrected chi connectivity index (χ3v) is 6.89. The number of rotatable bonds is 2. The molecule has 1 fully saturated rings. The van der Waals surface area contributed by atoms with Gasteiger partial charge in [0, 0.05) is 23.0 Å². The molecular formula is C18H16ClNO5S. The Bertz CT molecular complexity index is 991. The van der Waals surface area contributed by atoms with Gasteiger partial charge in [-0.15, -0.1) is 0 Å². The van der Waals surface area contributed by atoms with E-state index in [9.17, 15) is 13.2 Å². The number of fused-ring (bicyclic) bond motifs is 3. The van der Waals surface area contributed by atoms with Gasteiger partial charge in [-0.1, -0.05) is 17.7 Å². The molecule has 2 atom stereocenters. The molecule has 1 N–H and O–H groups in total. The first-order valence-electron chi connectivity index (χ1n) is 8.15. The van der Waals surface area contributed by atoms with Gasteiger partial charge in [0.15, 0.2) is 0 Å². The molecule has 0 radical (unpaired) electrons. The minimum Gasteiger partial charge on any atom is -0.488 e. The van der Waals surface area contributed by atoms with E-state index < -0.39 is 15.9 Å². The second-order valence-corrected chi connectivity index (χ2v) is 8.83. The molecule has 2 heterocycles. The fourth-order valence-electron chi connectivity index (χ4n) is 3.59. The largest absolute Gasteiger partial charge is 0.488 e. The lowest BCUT2D eigenvalue weighted by molar-refractivity contribution is 0.0813. The summed E-state index contributed by atoms with van der Waals surface area (Å²) < 4.78 is 31.7. The van der Waals surface area contributed by atoms with Crippen molar-refractivity contribution in [3.63, 3.8) is 0 Å². The average molecular weight is 394 g/mol. The van der Waals surface area contributed by atoms with Crippen LogP contribution in [0.4, 0.5) is 4.79 Å². The van der Waals surface area contributed by atoms with Gasteiger partial charge in [-0.3, -0.25) is 0 Å². The molecule has 2 aromatic carbocycles. The topological polar surface area (TPSA) is 83.9 Å². The second kappa shape index (κ2) is 6.17. The lowest BCUT2D eigenvalue weighted by atomic mass is 9.89. The lowest BCUT2D eigenvalue weighted by Crippen LogP contribution is -2.45. The number of piperidine rings is 1. The van der Waals surface area contributed by atoms with Crippen LogP contribution >= 0.6 is 11.6 Å². The zero-order chi connectivity index (χ0) is 18.5. The fourth-order valence-corrected chi connectivity index (χ4v) is 5.19. The number of ether oxygens (including phenoxy) is 1. The molecule has 1 saturated heterocycles. The van der Waals surface area contributed by atoms with Crippen molar-refractivity contribution in [1.29, 1.82) is 0 Å². The maximum atomic E-state index is 12.9. The van der Waals surface area contributed by atoms with E-state index in [2.05, 4.69) is 0 Å². The minimum absolute atomic E-state index is 0.00453. The highest BCUT2D eigenvalue weighted by Crippen LogP contribution is 2.44. The molecule has 136 valence electrons. The van der Waals surface area contributed by atoms with Gasteiger partial charge in [-0.2, -0.15) is 0 Å². The SMILES string of the molecule is O=C(O)N1CCC2c3cc(S(=O)(=O)c4cccc(Cl)c4)ccc3OC2C1. The van der Waals surface area contributed by atoms with Crippen LogP contribution in [0.2, 0.25) is 5.02 Å². The van der Waals surface area contributed by atoms with Gasteiger partial charge in [0.1, 0.15) is 11.9 Å². The molecule has 26 heavy (non-hydrogen) atoms. The van der Waals surface area contributed by atoms with Gasteiger partial charge in [-0.05, 0) is 42.8 Å². The van der Waals surface area contributed by atoms with Crippen LogP contribution in [-0.4, -0.2) is 43.7 Å². The number of halogens is 1. The summed E-state index contributed by atoms with van der Waals surface area (Å²) in [7, 11) is -3.69. The first-order valence-corrected chi connectivity index (χ1v) is 10.0. The highest BCUT2D eigenvalue weighted by Gasteiger charge is 2.40. The molecule has 0 bridgehead atoms. The normalized spacial score (nSPS) is 21.7. The Kier molecular flexibility index (Phi) is 4.08. The highest BCUT2D eigenvalue weighted by atomic mass is 35.5. The molecule has 6 nitrogen and oxygen atoms in total. The Balaban J connectivity index is 1.68. The molecule has 1 amide bonds. The zero-order valence-corrected chi connectivity index (χ0v) is 15.2. The van der Waals surface area contributed by atoms with Gasteiger partial charge in [0.25, 0.3) is 0 Å². The van der Waals surface area contributed by atoms with E-state index in [0.29, 0.717) is 23.7 Å². The van der Waals surface area contributed by atoms with E-state index in [4.69, 9.17) is 21.4 Å². The molecule has 0 saturated carbocycles. The first-order chi connectivity index (χ1) is 12.4. The molecule has 2 aromatic rings. The van der Waals surface area contributed by atoms with Gasteiger partial charge in [0.2, 0.25) is 9.84 Å². The average Bonchev–Trinajstić information content (AvgIpc) is 2.98. The van der Waals surface area contributed by atoms with Crippen molar-refractivity contribution in [3.8, 4) is 5.75 Å². The molecule has 2 aliphatic heterocycles. The number of sulfone groups is 1. The summed E-state index contributed by atoms with van der Waals surface area (Å²) in [6.45, 7) is 0.690. The minimum atomic E-state index is -3.69. The Morgan fingerprint density at radius 3 is 2.69 bits per heavy atom. The van der Waals surface area contributed by atoms with E-state index in [1.54, 1.807) is 24.3 Å². The Hall–Kier alpha value is -2.25. The van der Waals surface area contributed by atoms with Gasteiger partial charge in [0.05, 0.1) is 16.3 Å². The van der Waals surface area contributed by atoms with Crippen molar-refractivity contribution in [2.75, 3.05) is 13.1 Å². The van der Waals surface area contributed by atoms with Gasteiger partial charge >= 0.3 is 6.09 Å². The third-order valence-electron chi connectivity index (χ3n) is 4.91. The molecule has 0 aromatic heterocycles. The number of nitrogens with zero attached hydrogens (tertiary/aromatic N) is 1. The Labute approximate surface area is 155 Å². The van der Waals surface area contributed by atoms with Crippen LogP contribution in [0.15, 0.2) is 52.3 Å². The highest BCUT2D eigenvalue weighted by molar-refractivity contribution is 7.91. The van der Waals surface area contributed by atoms with Crippen molar-refractivity contribution in [2.45, 2.75) is 28.2 Å².